The van der Waals surface area contributed by atoms with Gasteiger partial charge in [-0.2, -0.15) is 0 Å². The third-order valence-corrected chi connectivity index (χ3v) is 7.94. The summed E-state index contributed by atoms with van der Waals surface area (Å²) in [4.78, 5) is 49.8. The summed E-state index contributed by atoms with van der Waals surface area (Å²) in [5.74, 6) is -1.22. The minimum atomic E-state index is -1.46. The van der Waals surface area contributed by atoms with Crippen LogP contribution in [0.1, 0.15) is 41.9 Å². The minimum absolute atomic E-state index is 0.00483. The first kappa shape index (κ1) is 25.3. The second kappa shape index (κ2) is 9.64. The molecule has 0 saturated carbocycles. The van der Waals surface area contributed by atoms with E-state index < -0.39 is 29.0 Å². The third kappa shape index (κ3) is 4.21. The highest BCUT2D eigenvalue weighted by atomic mass is 19.1. The summed E-state index contributed by atoms with van der Waals surface area (Å²) in [6.07, 6.45) is -0.190. The summed E-state index contributed by atoms with van der Waals surface area (Å²) in [6, 6.07) is 8.54. The number of piperazine rings is 1. The first-order valence-corrected chi connectivity index (χ1v) is 13.3. The van der Waals surface area contributed by atoms with Crippen LogP contribution >= 0.6 is 0 Å². The predicted octanol–water partition coefficient (Wildman–Crippen LogP) is 2.45. The van der Waals surface area contributed by atoms with Gasteiger partial charge in [0.2, 0.25) is 11.8 Å². The number of ether oxygens (including phenoxy) is 1. The number of likely N-dealkylation sites (N-methyl/N-ethyl adjacent to an activating group) is 1. The summed E-state index contributed by atoms with van der Waals surface area (Å²) in [6.45, 7) is 8.74. The molecule has 1 aromatic carbocycles. The number of pyridine rings is 1. The number of anilines is 1. The number of aromatic nitrogens is 1. The van der Waals surface area contributed by atoms with E-state index in [1.165, 1.54) is 11.0 Å². The molecule has 0 aliphatic carbocycles. The van der Waals surface area contributed by atoms with Crippen LogP contribution in [0.15, 0.2) is 34.7 Å². The van der Waals surface area contributed by atoms with Gasteiger partial charge in [0.15, 0.2) is 17.1 Å². The second-order valence-corrected chi connectivity index (χ2v) is 10.2. The van der Waals surface area contributed by atoms with E-state index in [4.69, 9.17) is 14.1 Å². The molecule has 39 heavy (non-hydrogen) atoms. The topological polar surface area (TPSA) is 108 Å². The molecular formula is C28H30FN5O5. The van der Waals surface area contributed by atoms with E-state index in [1.54, 1.807) is 19.1 Å². The zero-order chi connectivity index (χ0) is 27.3. The summed E-state index contributed by atoms with van der Waals surface area (Å²) in [5, 5.41) is 2.37. The Morgan fingerprint density at radius 3 is 2.59 bits per heavy atom. The summed E-state index contributed by atoms with van der Waals surface area (Å²) in [7, 11) is 0. The minimum Gasteiger partial charge on any atom is -0.491 e. The molecule has 3 aliphatic rings. The van der Waals surface area contributed by atoms with E-state index in [-0.39, 0.29) is 43.2 Å². The molecule has 0 spiro atoms. The number of carbonyl (C=O) groups excluding carboxylic acids is 3. The van der Waals surface area contributed by atoms with Crippen molar-refractivity contribution in [2.45, 2.75) is 32.2 Å². The van der Waals surface area contributed by atoms with Crippen LogP contribution in [0, 0.1) is 5.82 Å². The zero-order valence-corrected chi connectivity index (χ0v) is 22.0. The van der Waals surface area contributed by atoms with Gasteiger partial charge in [-0.1, -0.05) is 13.0 Å². The Morgan fingerprint density at radius 1 is 1.10 bits per heavy atom. The molecule has 3 amide bonds. The number of rotatable bonds is 7. The predicted molar refractivity (Wildman–Crippen MR) is 140 cm³/mol. The lowest BCUT2D eigenvalue weighted by atomic mass is 9.82. The van der Waals surface area contributed by atoms with Crippen molar-refractivity contribution < 1.29 is 27.9 Å². The standard InChI is InChI=1S/C28H30FN5O5/c1-3-32-9-11-33(12-10-32)22-8-7-19-18(30-22)13-21(39-19)28(14-23(35)31-27(28)37)16-34-15-17-5-6-20(38-4-2)25(29)24(17)26(34)36/h5-8,13H,3-4,9-12,14-16H2,1-2H3,(H,31,35,37)/t28-/m1/s1. The van der Waals surface area contributed by atoms with E-state index in [2.05, 4.69) is 22.0 Å². The molecule has 0 radical (unpaired) electrons. The van der Waals surface area contributed by atoms with Gasteiger partial charge in [0.05, 0.1) is 18.6 Å². The van der Waals surface area contributed by atoms with Crippen molar-refractivity contribution >= 4 is 34.6 Å². The number of benzene rings is 1. The molecule has 204 valence electrons. The van der Waals surface area contributed by atoms with Crippen molar-refractivity contribution in [1.82, 2.24) is 20.1 Å². The normalized spacial score (nSPS) is 21.7. The third-order valence-electron chi connectivity index (χ3n) is 7.94. The number of amides is 3. The van der Waals surface area contributed by atoms with Gasteiger partial charge in [0, 0.05) is 45.3 Å². The summed E-state index contributed by atoms with van der Waals surface area (Å²) in [5.41, 5.74) is 0.0212. The molecule has 3 aromatic rings. The quantitative estimate of drug-likeness (QED) is 0.460. The number of nitrogens with zero attached hydrogens (tertiary/aromatic N) is 4. The Hall–Kier alpha value is -3.99. The fourth-order valence-electron chi connectivity index (χ4n) is 5.78. The smallest absolute Gasteiger partial charge is 0.257 e. The highest BCUT2D eigenvalue weighted by Gasteiger charge is 2.53. The maximum absolute atomic E-state index is 15.1. The zero-order valence-electron chi connectivity index (χ0n) is 22.0. The van der Waals surface area contributed by atoms with Crippen molar-refractivity contribution in [3.8, 4) is 5.75 Å². The van der Waals surface area contributed by atoms with Gasteiger partial charge in [-0.05, 0) is 37.2 Å². The van der Waals surface area contributed by atoms with Gasteiger partial charge in [-0.15, -0.1) is 0 Å². The van der Waals surface area contributed by atoms with Gasteiger partial charge in [0.25, 0.3) is 5.91 Å². The molecule has 1 N–H and O–H groups in total. The average molecular weight is 536 g/mol. The number of imide groups is 1. The lowest BCUT2D eigenvalue weighted by Crippen LogP contribution is -2.46. The largest absolute Gasteiger partial charge is 0.491 e. The molecule has 10 nitrogen and oxygen atoms in total. The highest BCUT2D eigenvalue weighted by Crippen LogP contribution is 2.40. The fraction of sp³-hybridized carbons (Fsp3) is 0.429. The van der Waals surface area contributed by atoms with E-state index in [0.717, 1.165) is 38.5 Å². The van der Waals surface area contributed by atoms with Crippen LogP contribution in [0.25, 0.3) is 11.1 Å². The van der Waals surface area contributed by atoms with Crippen LogP contribution in [0.2, 0.25) is 0 Å². The van der Waals surface area contributed by atoms with Crippen molar-refractivity contribution in [3.05, 3.63) is 53.0 Å². The van der Waals surface area contributed by atoms with E-state index in [9.17, 15) is 14.4 Å². The number of carbonyl (C=O) groups is 3. The van der Waals surface area contributed by atoms with Crippen LogP contribution in [-0.2, 0) is 21.5 Å². The molecule has 2 saturated heterocycles. The lowest BCUT2D eigenvalue weighted by molar-refractivity contribution is -0.127. The SMILES string of the molecule is CCOc1ccc2c(c1F)C(=O)N(C[C@@]1(c3cc4nc(N5CCN(CC)CC5)ccc4o3)CC(=O)NC1=O)C2. The monoisotopic (exact) mass is 535 g/mol. The number of fused-ring (bicyclic) bond motifs is 2. The van der Waals surface area contributed by atoms with Crippen LogP contribution in [0.4, 0.5) is 10.2 Å². The molecule has 0 bridgehead atoms. The summed E-state index contributed by atoms with van der Waals surface area (Å²) < 4.78 is 26.5. The average Bonchev–Trinajstić information content (AvgIpc) is 3.59. The van der Waals surface area contributed by atoms with Crippen LogP contribution in [0.3, 0.4) is 0 Å². The fourth-order valence-corrected chi connectivity index (χ4v) is 5.78. The van der Waals surface area contributed by atoms with Gasteiger partial charge >= 0.3 is 0 Å². The number of hydrogen-bond acceptors (Lipinski definition) is 8. The molecule has 11 heteroatoms. The van der Waals surface area contributed by atoms with E-state index >= 15 is 4.39 Å². The highest BCUT2D eigenvalue weighted by molar-refractivity contribution is 6.10. The maximum atomic E-state index is 15.1. The Morgan fingerprint density at radius 2 is 1.90 bits per heavy atom. The van der Waals surface area contributed by atoms with Crippen LogP contribution in [-0.4, -0.2) is 78.4 Å². The van der Waals surface area contributed by atoms with Crippen molar-refractivity contribution in [3.63, 3.8) is 0 Å². The number of hydrogen-bond donors (Lipinski definition) is 1. The molecule has 1 atom stereocenters. The molecule has 6 rings (SSSR count). The Bertz CT molecular complexity index is 1480. The van der Waals surface area contributed by atoms with Gasteiger partial charge in [-0.3, -0.25) is 19.7 Å². The number of nitrogens with one attached hydrogen (secondary N) is 1. The van der Waals surface area contributed by atoms with Crippen molar-refractivity contribution in [2.75, 3.05) is 50.8 Å². The van der Waals surface area contributed by atoms with Crippen molar-refractivity contribution in [1.29, 1.82) is 0 Å². The number of halogens is 1. The van der Waals surface area contributed by atoms with Gasteiger partial charge < -0.3 is 23.9 Å². The van der Waals surface area contributed by atoms with Crippen LogP contribution < -0.4 is 15.0 Å². The number of furan rings is 1. The van der Waals surface area contributed by atoms with E-state index in [1.807, 2.05) is 12.1 Å². The molecule has 2 fully saturated rings. The van der Waals surface area contributed by atoms with Gasteiger partial charge in [0.1, 0.15) is 22.5 Å². The Balaban J connectivity index is 1.31. The molecule has 3 aliphatic heterocycles. The maximum Gasteiger partial charge on any atom is 0.257 e. The molecule has 5 heterocycles. The molecular weight excluding hydrogens is 505 g/mol. The summed E-state index contributed by atoms with van der Waals surface area (Å²) >= 11 is 0. The van der Waals surface area contributed by atoms with E-state index in [0.29, 0.717) is 16.7 Å². The molecule has 2 aromatic heterocycles. The first-order valence-electron chi connectivity index (χ1n) is 13.3. The molecule has 0 unspecified atom stereocenters. The van der Waals surface area contributed by atoms with Crippen molar-refractivity contribution in [2.24, 2.45) is 0 Å². The Kier molecular flexibility index (Phi) is 6.25. The second-order valence-electron chi connectivity index (χ2n) is 10.2. The lowest BCUT2D eigenvalue weighted by Gasteiger charge is -2.34. The van der Waals surface area contributed by atoms with Crippen LogP contribution in [0.5, 0.6) is 5.75 Å². The first-order chi connectivity index (χ1) is 18.8. The Labute approximate surface area is 224 Å². The van der Waals surface area contributed by atoms with Gasteiger partial charge in [-0.25, -0.2) is 9.37 Å².